The molecule has 20 heavy (non-hydrogen) atoms. The van der Waals surface area contributed by atoms with Crippen LogP contribution < -0.4 is 4.74 Å². The first-order valence-corrected chi connectivity index (χ1v) is 6.30. The number of carboxylic acid groups (broad SMARTS) is 1. The van der Waals surface area contributed by atoms with Crippen molar-refractivity contribution in [2.75, 3.05) is 7.11 Å². The number of hydrogen-bond donors (Lipinski definition) is 1. The van der Waals surface area contributed by atoms with E-state index >= 15 is 0 Å². The molecule has 1 aromatic carbocycles. The molecule has 1 unspecified atom stereocenters. The number of nitrogens with zero attached hydrogens (tertiary/aromatic N) is 1. The highest BCUT2D eigenvalue weighted by Crippen LogP contribution is 2.23. The number of rotatable bonds is 5. The van der Waals surface area contributed by atoms with Crippen LogP contribution in [0.25, 0.3) is 0 Å². The molecule has 0 saturated heterocycles. The molecule has 108 valence electrons. The number of benzene rings is 1. The lowest BCUT2D eigenvalue weighted by Crippen LogP contribution is -2.24. The molecule has 0 aliphatic carbocycles. The van der Waals surface area contributed by atoms with Crippen molar-refractivity contribution >= 4 is 11.8 Å². The van der Waals surface area contributed by atoms with Gasteiger partial charge in [-0.15, -0.1) is 0 Å². The Balaban J connectivity index is 0.00000172. The SMILES string of the molecule is CC.COc1cc(C#N)ccc1CC(C(C)=O)C(=O)O. The fourth-order valence-electron chi connectivity index (χ4n) is 1.61. The Morgan fingerprint density at radius 2 is 2.00 bits per heavy atom. The van der Waals surface area contributed by atoms with Crippen LogP contribution >= 0.6 is 0 Å². The van der Waals surface area contributed by atoms with Gasteiger partial charge in [-0.05, 0) is 31.0 Å². The lowest BCUT2D eigenvalue weighted by atomic mass is 9.95. The predicted octanol–water partition coefficient (Wildman–Crippen LogP) is 2.43. The number of carbonyl (C=O) groups is 2. The monoisotopic (exact) mass is 277 g/mol. The normalized spacial score (nSPS) is 10.6. The van der Waals surface area contributed by atoms with Crippen LogP contribution in [0.3, 0.4) is 0 Å². The average Bonchev–Trinajstić information content (AvgIpc) is 2.46. The van der Waals surface area contributed by atoms with Gasteiger partial charge in [-0.2, -0.15) is 5.26 Å². The zero-order chi connectivity index (χ0) is 15.7. The Morgan fingerprint density at radius 1 is 1.40 bits per heavy atom. The Hall–Kier alpha value is -2.35. The molecular formula is C15H19NO4. The van der Waals surface area contributed by atoms with E-state index in [0.29, 0.717) is 16.9 Å². The highest BCUT2D eigenvalue weighted by Gasteiger charge is 2.24. The van der Waals surface area contributed by atoms with Crippen LogP contribution in [0, 0.1) is 17.2 Å². The van der Waals surface area contributed by atoms with Gasteiger partial charge >= 0.3 is 5.97 Å². The number of ether oxygens (including phenoxy) is 1. The zero-order valence-electron chi connectivity index (χ0n) is 12.1. The number of carboxylic acids is 1. The number of aliphatic carboxylic acids is 1. The molecule has 0 saturated carbocycles. The van der Waals surface area contributed by atoms with Gasteiger partial charge in [0.05, 0.1) is 18.7 Å². The summed E-state index contributed by atoms with van der Waals surface area (Å²) in [7, 11) is 1.43. The first-order valence-electron chi connectivity index (χ1n) is 6.30. The second-order valence-corrected chi connectivity index (χ2v) is 3.84. The van der Waals surface area contributed by atoms with E-state index in [9.17, 15) is 9.59 Å². The molecule has 0 aliphatic rings. The topological polar surface area (TPSA) is 87.4 Å². The van der Waals surface area contributed by atoms with E-state index in [2.05, 4.69) is 0 Å². The molecule has 0 aromatic heterocycles. The Bertz CT molecular complexity index is 503. The number of hydrogen-bond acceptors (Lipinski definition) is 4. The van der Waals surface area contributed by atoms with Crippen molar-refractivity contribution < 1.29 is 19.4 Å². The molecule has 0 fully saturated rings. The van der Waals surface area contributed by atoms with E-state index in [1.54, 1.807) is 12.1 Å². The molecule has 1 rings (SSSR count). The van der Waals surface area contributed by atoms with Gasteiger partial charge in [0.1, 0.15) is 17.5 Å². The van der Waals surface area contributed by atoms with E-state index in [-0.39, 0.29) is 6.42 Å². The Labute approximate surface area is 118 Å². The lowest BCUT2D eigenvalue weighted by molar-refractivity contribution is -0.145. The number of ketones is 1. The Morgan fingerprint density at radius 3 is 2.40 bits per heavy atom. The maximum Gasteiger partial charge on any atom is 0.314 e. The van der Waals surface area contributed by atoms with E-state index in [1.807, 2.05) is 19.9 Å². The van der Waals surface area contributed by atoms with Crippen LogP contribution in [-0.4, -0.2) is 24.0 Å². The molecular weight excluding hydrogens is 258 g/mol. The second-order valence-electron chi connectivity index (χ2n) is 3.84. The Kier molecular flexibility index (Phi) is 7.68. The summed E-state index contributed by atoms with van der Waals surface area (Å²) in [5.41, 5.74) is 1.02. The number of Topliss-reactive ketones (excluding diaryl/α,β-unsaturated/α-hetero) is 1. The van der Waals surface area contributed by atoms with Crippen LogP contribution in [0.1, 0.15) is 31.9 Å². The van der Waals surface area contributed by atoms with Crippen molar-refractivity contribution in [2.45, 2.75) is 27.2 Å². The van der Waals surface area contributed by atoms with Crippen molar-refractivity contribution in [3.05, 3.63) is 29.3 Å². The summed E-state index contributed by atoms with van der Waals surface area (Å²) in [6, 6.07) is 6.66. The summed E-state index contributed by atoms with van der Waals surface area (Å²) < 4.78 is 5.09. The van der Waals surface area contributed by atoms with Gasteiger partial charge in [0, 0.05) is 0 Å². The fraction of sp³-hybridized carbons (Fsp3) is 0.400. The van der Waals surface area contributed by atoms with Gasteiger partial charge in [-0.1, -0.05) is 19.9 Å². The molecule has 0 aliphatic heterocycles. The first kappa shape index (κ1) is 17.6. The molecule has 0 radical (unpaired) electrons. The highest BCUT2D eigenvalue weighted by molar-refractivity contribution is 5.97. The highest BCUT2D eigenvalue weighted by atomic mass is 16.5. The summed E-state index contributed by atoms with van der Waals surface area (Å²) in [4.78, 5) is 22.2. The maximum atomic E-state index is 11.2. The summed E-state index contributed by atoms with van der Waals surface area (Å²) in [6.45, 7) is 5.24. The molecule has 1 N–H and O–H groups in total. The van der Waals surface area contributed by atoms with E-state index in [4.69, 9.17) is 15.1 Å². The zero-order valence-corrected chi connectivity index (χ0v) is 12.1. The quantitative estimate of drug-likeness (QED) is 0.835. The third kappa shape index (κ3) is 4.73. The second kappa shape index (κ2) is 8.70. The van der Waals surface area contributed by atoms with Crippen molar-refractivity contribution in [1.29, 1.82) is 5.26 Å². The van der Waals surface area contributed by atoms with Crippen LogP contribution in [0.2, 0.25) is 0 Å². The summed E-state index contributed by atoms with van der Waals surface area (Å²) >= 11 is 0. The largest absolute Gasteiger partial charge is 0.496 e. The summed E-state index contributed by atoms with van der Waals surface area (Å²) in [5, 5.41) is 17.7. The minimum atomic E-state index is -1.16. The predicted molar refractivity (Wildman–Crippen MR) is 74.6 cm³/mol. The third-order valence-electron chi connectivity index (χ3n) is 2.63. The van der Waals surface area contributed by atoms with Crippen LogP contribution in [0.5, 0.6) is 5.75 Å². The van der Waals surface area contributed by atoms with Crippen molar-refractivity contribution in [3.8, 4) is 11.8 Å². The smallest absolute Gasteiger partial charge is 0.314 e. The summed E-state index contributed by atoms with van der Waals surface area (Å²) in [6.07, 6.45) is 0.0551. The van der Waals surface area contributed by atoms with Gasteiger partial charge in [0.25, 0.3) is 0 Å². The van der Waals surface area contributed by atoms with Crippen LogP contribution in [0.4, 0.5) is 0 Å². The minimum absolute atomic E-state index is 0.0551. The van der Waals surface area contributed by atoms with E-state index in [1.165, 1.54) is 20.1 Å². The molecule has 5 heteroatoms. The van der Waals surface area contributed by atoms with Gasteiger partial charge < -0.3 is 9.84 Å². The lowest BCUT2D eigenvalue weighted by Gasteiger charge is -2.12. The third-order valence-corrected chi connectivity index (χ3v) is 2.63. The van der Waals surface area contributed by atoms with Gasteiger partial charge in [-0.3, -0.25) is 9.59 Å². The molecule has 1 atom stereocenters. The van der Waals surface area contributed by atoms with E-state index < -0.39 is 17.7 Å². The fourth-order valence-corrected chi connectivity index (χ4v) is 1.61. The first-order chi connectivity index (χ1) is 9.49. The van der Waals surface area contributed by atoms with Gasteiger partial charge in [0.2, 0.25) is 0 Å². The van der Waals surface area contributed by atoms with Crippen LogP contribution in [0.15, 0.2) is 18.2 Å². The molecule has 1 aromatic rings. The maximum absolute atomic E-state index is 11.2. The van der Waals surface area contributed by atoms with Crippen molar-refractivity contribution in [2.24, 2.45) is 5.92 Å². The minimum Gasteiger partial charge on any atom is -0.496 e. The molecule has 0 heterocycles. The summed E-state index contributed by atoms with van der Waals surface area (Å²) in [5.74, 6) is -2.24. The van der Waals surface area contributed by atoms with Crippen molar-refractivity contribution in [3.63, 3.8) is 0 Å². The number of nitriles is 1. The number of methoxy groups -OCH3 is 1. The van der Waals surface area contributed by atoms with E-state index in [0.717, 1.165) is 0 Å². The molecule has 0 spiro atoms. The van der Waals surface area contributed by atoms with Gasteiger partial charge in [-0.25, -0.2) is 0 Å². The van der Waals surface area contributed by atoms with Crippen molar-refractivity contribution in [1.82, 2.24) is 0 Å². The molecule has 5 nitrogen and oxygen atoms in total. The molecule has 0 bridgehead atoms. The standard InChI is InChI=1S/C13H13NO4.C2H6/c1-8(15)11(13(16)17)6-10-4-3-9(7-14)5-12(10)18-2;1-2/h3-5,11H,6H2,1-2H3,(H,16,17);1-2H3. The molecule has 0 amide bonds. The average molecular weight is 277 g/mol. The number of carbonyl (C=O) groups excluding carboxylic acids is 1. The van der Waals surface area contributed by atoms with Gasteiger partial charge in [0.15, 0.2) is 0 Å². The van der Waals surface area contributed by atoms with Crippen LogP contribution in [-0.2, 0) is 16.0 Å².